The molecule has 3 unspecified atom stereocenters. The Bertz CT molecular complexity index is 1170. The largest absolute Gasteiger partial charge is 0.333 e. The molecule has 2 aromatic rings. The van der Waals surface area contributed by atoms with E-state index in [0.29, 0.717) is 22.5 Å². The summed E-state index contributed by atoms with van der Waals surface area (Å²) in [6.07, 6.45) is 3.25. The van der Waals surface area contributed by atoms with Crippen LogP contribution in [0.1, 0.15) is 70.7 Å². The van der Waals surface area contributed by atoms with Gasteiger partial charge in [0.2, 0.25) is 0 Å². The number of carbonyl (C=O) groups excluding carboxylic acids is 2. The van der Waals surface area contributed by atoms with E-state index in [-0.39, 0.29) is 23.9 Å². The van der Waals surface area contributed by atoms with Crippen molar-refractivity contribution in [2.45, 2.75) is 65.1 Å². The molecule has 1 saturated heterocycles. The highest BCUT2D eigenvalue weighted by molar-refractivity contribution is 7.12. The second-order valence-electron chi connectivity index (χ2n) is 8.73. The number of hydrogen-bond acceptors (Lipinski definition) is 7. The van der Waals surface area contributed by atoms with Gasteiger partial charge in [0, 0.05) is 12.1 Å². The number of carbonyl (C=O) groups is 2. The fraction of sp³-hybridized carbons (Fsp3) is 0.435. The molecule has 0 radical (unpaired) electrons. The van der Waals surface area contributed by atoms with Crippen molar-refractivity contribution >= 4 is 34.5 Å². The lowest BCUT2D eigenvalue weighted by Crippen LogP contribution is -2.55. The predicted octanol–water partition coefficient (Wildman–Crippen LogP) is 5.17. The number of thiazole rings is 1. The van der Waals surface area contributed by atoms with Gasteiger partial charge in [0.15, 0.2) is 5.78 Å². The number of nitrogens with one attached hydrogen (secondary N) is 2. The van der Waals surface area contributed by atoms with Crippen LogP contribution in [0.3, 0.4) is 0 Å². The van der Waals surface area contributed by atoms with Gasteiger partial charge in [0.25, 0.3) is 0 Å². The average molecular weight is 451 g/mol. The van der Waals surface area contributed by atoms with Crippen LogP contribution in [-0.2, 0) is 0 Å². The fourth-order valence-corrected chi connectivity index (χ4v) is 5.84. The summed E-state index contributed by atoms with van der Waals surface area (Å²) < 4.78 is 0. The van der Waals surface area contributed by atoms with Crippen LogP contribution in [0.5, 0.6) is 0 Å². The second-order valence-corrected chi connectivity index (χ2v) is 9.93. The van der Waals surface area contributed by atoms with E-state index in [2.05, 4.69) is 39.8 Å². The molecular weight excluding hydrogens is 424 g/mol. The van der Waals surface area contributed by atoms with Crippen molar-refractivity contribution in [2.24, 2.45) is 10.2 Å². The Labute approximate surface area is 190 Å². The molecule has 3 atom stereocenters. The molecule has 2 amide bonds. The first-order chi connectivity index (χ1) is 15.3. The van der Waals surface area contributed by atoms with Crippen molar-refractivity contribution in [1.82, 2.24) is 15.4 Å². The van der Waals surface area contributed by atoms with Crippen molar-refractivity contribution < 1.29 is 9.59 Å². The molecule has 1 aromatic heterocycles. The molecule has 9 heteroatoms. The summed E-state index contributed by atoms with van der Waals surface area (Å²) in [7, 11) is 0. The lowest BCUT2D eigenvalue weighted by Gasteiger charge is -2.38. The van der Waals surface area contributed by atoms with Crippen LogP contribution in [0.4, 0.5) is 10.5 Å². The second kappa shape index (κ2) is 7.90. The number of azo groups is 1. The Kier molecular flexibility index (Phi) is 5.17. The van der Waals surface area contributed by atoms with E-state index in [1.54, 1.807) is 6.07 Å². The monoisotopic (exact) mass is 450 g/mol. The summed E-state index contributed by atoms with van der Waals surface area (Å²) in [4.78, 5) is 31.7. The van der Waals surface area contributed by atoms with Gasteiger partial charge in [-0.2, -0.15) is 10.2 Å². The number of Topliss-reactive ketones (excluding diaryl/α,β-unsaturated/α-hetero) is 1. The number of hydrogen-bond donors (Lipinski definition) is 2. The number of aryl methyl sites for hydroxylation is 2. The molecule has 2 N–H and O–H groups in total. The van der Waals surface area contributed by atoms with Crippen molar-refractivity contribution in [3.8, 4) is 0 Å². The Balaban J connectivity index is 1.44. The molecule has 3 aliphatic rings. The summed E-state index contributed by atoms with van der Waals surface area (Å²) >= 11 is 1.52. The van der Waals surface area contributed by atoms with Gasteiger partial charge < -0.3 is 5.32 Å². The lowest BCUT2D eigenvalue weighted by molar-refractivity contribution is 0.0625. The first-order valence-corrected chi connectivity index (χ1v) is 11.8. The van der Waals surface area contributed by atoms with Crippen LogP contribution in [0, 0.1) is 13.8 Å². The molecule has 1 aliphatic carbocycles. The van der Waals surface area contributed by atoms with Gasteiger partial charge in [-0.15, -0.1) is 11.3 Å². The molecule has 166 valence electrons. The predicted molar refractivity (Wildman–Crippen MR) is 124 cm³/mol. The maximum atomic E-state index is 13.5. The first kappa shape index (κ1) is 21.0. The molecule has 0 spiro atoms. The van der Waals surface area contributed by atoms with Gasteiger partial charge in [0.1, 0.15) is 11.7 Å². The van der Waals surface area contributed by atoms with Gasteiger partial charge in [-0.1, -0.05) is 18.6 Å². The fourth-order valence-electron chi connectivity index (χ4n) is 4.92. The van der Waals surface area contributed by atoms with Crippen LogP contribution < -0.4 is 10.7 Å². The van der Waals surface area contributed by atoms with Crippen LogP contribution in [-0.4, -0.2) is 33.9 Å². The zero-order valence-electron chi connectivity index (χ0n) is 18.6. The summed E-state index contributed by atoms with van der Waals surface area (Å²) in [6.45, 7) is 8.08. The normalized spacial score (nSPS) is 24.6. The molecule has 3 heterocycles. The summed E-state index contributed by atoms with van der Waals surface area (Å²) in [5.74, 6) is -0.133. The number of benzene rings is 1. The molecule has 2 aliphatic heterocycles. The maximum absolute atomic E-state index is 13.5. The van der Waals surface area contributed by atoms with Gasteiger partial charge in [-0.3, -0.25) is 10.2 Å². The molecule has 1 fully saturated rings. The smallest absolute Gasteiger partial charge is 0.306 e. The van der Waals surface area contributed by atoms with E-state index in [1.165, 1.54) is 11.3 Å². The van der Waals surface area contributed by atoms with Crippen LogP contribution in [0.15, 0.2) is 34.0 Å². The Morgan fingerprint density at radius 2 is 1.94 bits per heavy atom. The minimum absolute atomic E-state index is 0.133. The zero-order chi connectivity index (χ0) is 22.6. The number of hydrazine groups is 1. The standard InChI is InChI=1S/C23H26N6O2S/c1-11-7-5-8-12(2)29(11)28-23(31)25-16-10-6-9-15-17(16)21(30)18-19(15)26-27-20(18)22-13(3)24-14(4)32-22/h6,9-12,19H,5,7-8H2,1-4H3,(H2,25,28,31). The quantitative estimate of drug-likeness (QED) is 0.673. The van der Waals surface area contributed by atoms with Crippen molar-refractivity contribution in [2.75, 3.05) is 5.32 Å². The van der Waals surface area contributed by atoms with Gasteiger partial charge in [0.05, 0.1) is 32.4 Å². The number of fused-ring (bicyclic) bond motifs is 3. The Hall–Kier alpha value is -2.91. The van der Waals surface area contributed by atoms with Gasteiger partial charge in [-0.25, -0.2) is 14.8 Å². The molecule has 0 saturated carbocycles. The Morgan fingerprint density at radius 1 is 1.19 bits per heavy atom. The van der Waals surface area contributed by atoms with Gasteiger partial charge in [-0.05, 0) is 52.2 Å². The third-order valence-corrected chi connectivity index (χ3v) is 7.54. The number of anilines is 1. The third kappa shape index (κ3) is 3.36. The molecular formula is C23H26N6O2S. The van der Waals surface area contributed by atoms with E-state index in [1.807, 2.05) is 31.0 Å². The highest BCUT2D eigenvalue weighted by Gasteiger charge is 2.43. The van der Waals surface area contributed by atoms with E-state index in [4.69, 9.17) is 0 Å². The van der Waals surface area contributed by atoms with E-state index < -0.39 is 6.04 Å². The van der Waals surface area contributed by atoms with Gasteiger partial charge >= 0.3 is 6.03 Å². The van der Waals surface area contributed by atoms with E-state index >= 15 is 0 Å². The van der Waals surface area contributed by atoms with E-state index in [9.17, 15) is 9.59 Å². The summed E-state index contributed by atoms with van der Waals surface area (Å²) in [5, 5.41) is 14.6. The van der Waals surface area contributed by atoms with Crippen LogP contribution in [0.2, 0.25) is 0 Å². The highest BCUT2D eigenvalue weighted by atomic mass is 32.1. The zero-order valence-corrected chi connectivity index (χ0v) is 19.4. The molecule has 8 nitrogen and oxygen atoms in total. The van der Waals surface area contributed by atoms with Crippen molar-refractivity contribution in [3.05, 3.63) is 50.5 Å². The molecule has 0 bridgehead atoms. The summed E-state index contributed by atoms with van der Waals surface area (Å²) in [6, 6.07) is 5.26. The van der Waals surface area contributed by atoms with Crippen molar-refractivity contribution in [1.29, 1.82) is 0 Å². The lowest BCUT2D eigenvalue weighted by atomic mass is 10.00. The summed E-state index contributed by atoms with van der Waals surface area (Å²) in [5.41, 5.74) is 6.77. The first-order valence-electron chi connectivity index (χ1n) is 11.0. The number of ketones is 1. The third-order valence-electron chi connectivity index (χ3n) is 6.46. The number of aromatic nitrogens is 1. The number of piperidine rings is 1. The molecule has 5 rings (SSSR count). The van der Waals surface area contributed by atoms with Crippen LogP contribution in [0.25, 0.3) is 5.70 Å². The molecule has 1 aromatic carbocycles. The average Bonchev–Trinajstić information content (AvgIpc) is 3.40. The molecule has 32 heavy (non-hydrogen) atoms. The minimum atomic E-state index is -0.429. The minimum Gasteiger partial charge on any atom is -0.306 e. The number of amides is 2. The highest BCUT2D eigenvalue weighted by Crippen LogP contribution is 2.50. The Morgan fingerprint density at radius 3 is 2.62 bits per heavy atom. The maximum Gasteiger partial charge on any atom is 0.333 e. The van der Waals surface area contributed by atoms with Crippen LogP contribution >= 0.6 is 11.3 Å². The topological polar surface area (TPSA) is 99.0 Å². The van der Waals surface area contributed by atoms with E-state index in [0.717, 1.165) is 40.4 Å². The number of urea groups is 1. The number of nitrogens with zero attached hydrogens (tertiary/aromatic N) is 4. The SMILES string of the molecule is Cc1nc(C)c(C2=C3C(=O)c4c(NC(=O)NN5C(C)CCCC5C)cccc4C3N=N2)s1. The van der Waals surface area contributed by atoms with Crippen molar-refractivity contribution in [3.63, 3.8) is 0 Å². The number of rotatable bonds is 3.